The van der Waals surface area contributed by atoms with E-state index in [-0.39, 0.29) is 47.1 Å². The second-order valence-corrected chi connectivity index (χ2v) is 8.38. The molecule has 1 aliphatic rings. The van der Waals surface area contributed by atoms with Gasteiger partial charge in [0.15, 0.2) is 0 Å². The number of halogens is 3. The van der Waals surface area contributed by atoms with Crippen molar-refractivity contribution in [2.24, 2.45) is 0 Å². The van der Waals surface area contributed by atoms with Gasteiger partial charge in [0.05, 0.1) is 18.0 Å². The topological polar surface area (TPSA) is 49.4 Å². The predicted molar refractivity (Wildman–Crippen MR) is 117 cm³/mol. The molecular weight excluding hydrogens is 442 g/mol. The van der Waals surface area contributed by atoms with E-state index in [9.17, 15) is 18.4 Å². The highest BCUT2D eigenvalue weighted by Gasteiger charge is 2.27. The molecule has 0 saturated heterocycles. The Morgan fingerprint density at radius 2 is 1.87 bits per heavy atom. The Balaban J connectivity index is 1.57. The highest BCUT2D eigenvalue weighted by atomic mass is 35.5. The second-order valence-electron chi connectivity index (χ2n) is 6.96. The molecule has 1 N–H and O–H groups in total. The number of hydrogen-bond acceptors (Lipinski definition) is 3. The molecule has 0 atom stereocenters. The molecule has 1 heterocycles. The standard InChI is InChI=1S/C23H17ClF2N2O2S/c24-18-2-1-3-19(26)17(18)12-28-20-10-15(6-9-21(20)31-13-22(28)29)23(30)27-11-14-4-7-16(25)8-5-14/h1-10H,11-13H2,(H,27,30). The van der Waals surface area contributed by atoms with Crippen molar-refractivity contribution in [1.82, 2.24) is 5.32 Å². The summed E-state index contributed by atoms with van der Waals surface area (Å²) in [5.41, 5.74) is 1.88. The number of amides is 2. The van der Waals surface area contributed by atoms with Gasteiger partial charge in [0.1, 0.15) is 11.6 Å². The van der Waals surface area contributed by atoms with Gasteiger partial charge in [0.25, 0.3) is 5.91 Å². The predicted octanol–water partition coefficient (Wildman–Crippen LogP) is 5.19. The maximum Gasteiger partial charge on any atom is 0.251 e. The molecule has 0 unspecified atom stereocenters. The lowest BCUT2D eigenvalue weighted by Gasteiger charge is -2.30. The summed E-state index contributed by atoms with van der Waals surface area (Å²) in [6, 6.07) is 15.3. The number of benzene rings is 3. The normalized spacial score (nSPS) is 13.1. The summed E-state index contributed by atoms with van der Waals surface area (Å²) in [6.07, 6.45) is 0. The molecule has 3 aromatic rings. The Morgan fingerprint density at radius 1 is 1.10 bits per heavy atom. The molecular formula is C23H17ClF2N2O2S. The minimum absolute atomic E-state index is 0.0292. The van der Waals surface area contributed by atoms with Crippen LogP contribution in [0.1, 0.15) is 21.5 Å². The molecule has 0 aromatic heterocycles. The van der Waals surface area contributed by atoms with Gasteiger partial charge >= 0.3 is 0 Å². The van der Waals surface area contributed by atoms with Crippen molar-refractivity contribution in [1.29, 1.82) is 0 Å². The van der Waals surface area contributed by atoms with Gasteiger partial charge in [0, 0.05) is 27.6 Å². The number of nitrogens with one attached hydrogen (secondary N) is 1. The minimum Gasteiger partial charge on any atom is -0.348 e. The van der Waals surface area contributed by atoms with Crippen LogP contribution < -0.4 is 10.2 Å². The van der Waals surface area contributed by atoms with Gasteiger partial charge in [-0.1, -0.05) is 29.8 Å². The zero-order valence-electron chi connectivity index (χ0n) is 16.2. The van der Waals surface area contributed by atoms with E-state index in [1.807, 2.05) is 0 Å². The number of rotatable bonds is 5. The zero-order chi connectivity index (χ0) is 22.0. The molecule has 0 aliphatic carbocycles. The van der Waals surface area contributed by atoms with Crippen LogP contribution in [0.3, 0.4) is 0 Å². The Labute approximate surface area is 187 Å². The molecule has 2 amide bonds. The maximum atomic E-state index is 14.3. The first-order chi connectivity index (χ1) is 14.9. The summed E-state index contributed by atoms with van der Waals surface area (Å²) in [5, 5.41) is 3.02. The molecule has 4 nitrogen and oxygen atoms in total. The Bertz CT molecular complexity index is 1130. The number of fused-ring (bicyclic) bond motifs is 1. The van der Waals surface area contributed by atoms with Gasteiger partial charge in [0.2, 0.25) is 5.91 Å². The van der Waals surface area contributed by atoms with Gasteiger partial charge in [-0.15, -0.1) is 11.8 Å². The second kappa shape index (κ2) is 9.08. The van der Waals surface area contributed by atoms with E-state index in [4.69, 9.17) is 11.6 Å². The molecule has 8 heteroatoms. The number of carbonyl (C=O) groups is 2. The summed E-state index contributed by atoms with van der Waals surface area (Å²) in [5.74, 6) is -1.15. The third-order valence-corrected chi connectivity index (χ3v) is 6.31. The van der Waals surface area contributed by atoms with Crippen LogP contribution in [0.4, 0.5) is 14.5 Å². The summed E-state index contributed by atoms with van der Waals surface area (Å²) in [7, 11) is 0. The van der Waals surface area contributed by atoms with Crippen LogP contribution in [0.15, 0.2) is 65.6 Å². The maximum absolute atomic E-state index is 14.3. The van der Waals surface area contributed by atoms with Crippen LogP contribution in [0, 0.1) is 11.6 Å². The third kappa shape index (κ3) is 4.73. The minimum atomic E-state index is -0.492. The molecule has 0 bridgehead atoms. The monoisotopic (exact) mass is 458 g/mol. The lowest BCUT2D eigenvalue weighted by Crippen LogP contribution is -2.35. The fourth-order valence-corrected chi connectivity index (χ4v) is 4.38. The lowest BCUT2D eigenvalue weighted by atomic mass is 10.1. The van der Waals surface area contributed by atoms with E-state index in [2.05, 4.69) is 5.32 Å². The SMILES string of the molecule is O=C(NCc1ccc(F)cc1)c1ccc2c(c1)N(Cc1c(F)cccc1Cl)C(=O)CS2. The van der Waals surface area contributed by atoms with Crippen molar-refractivity contribution >= 4 is 40.9 Å². The first-order valence-electron chi connectivity index (χ1n) is 9.45. The van der Waals surface area contributed by atoms with Crippen molar-refractivity contribution < 1.29 is 18.4 Å². The largest absolute Gasteiger partial charge is 0.348 e. The molecule has 158 valence electrons. The van der Waals surface area contributed by atoms with Gasteiger partial charge in [-0.2, -0.15) is 0 Å². The van der Waals surface area contributed by atoms with Crippen LogP contribution in [0.5, 0.6) is 0 Å². The third-order valence-electron chi connectivity index (χ3n) is 4.91. The van der Waals surface area contributed by atoms with E-state index in [1.54, 1.807) is 36.4 Å². The van der Waals surface area contributed by atoms with Crippen molar-refractivity contribution in [2.75, 3.05) is 10.7 Å². The fourth-order valence-electron chi connectivity index (χ4n) is 3.24. The molecule has 0 spiro atoms. The van der Waals surface area contributed by atoms with Crippen LogP contribution in [-0.2, 0) is 17.9 Å². The average molecular weight is 459 g/mol. The molecule has 0 radical (unpaired) electrons. The van der Waals surface area contributed by atoms with Crippen LogP contribution >= 0.6 is 23.4 Å². The fraction of sp³-hybridized carbons (Fsp3) is 0.130. The van der Waals surface area contributed by atoms with Gasteiger partial charge in [-0.3, -0.25) is 9.59 Å². The molecule has 0 saturated carbocycles. The van der Waals surface area contributed by atoms with Gasteiger partial charge in [-0.05, 0) is 48.0 Å². The summed E-state index contributed by atoms with van der Waals surface area (Å²) < 4.78 is 27.3. The number of nitrogens with zero attached hydrogens (tertiary/aromatic N) is 1. The van der Waals surface area contributed by atoms with Crippen LogP contribution in [0.2, 0.25) is 5.02 Å². The molecule has 0 fully saturated rings. The zero-order valence-corrected chi connectivity index (χ0v) is 17.8. The summed E-state index contributed by atoms with van der Waals surface area (Å²) in [6.45, 7) is 0.205. The summed E-state index contributed by atoms with van der Waals surface area (Å²) in [4.78, 5) is 27.5. The smallest absolute Gasteiger partial charge is 0.251 e. The van der Waals surface area contributed by atoms with Gasteiger partial charge < -0.3 is 10.2 Å². The molecule has 1 aliphatic heterocycles. The van der Waals surface area contributed by atoms with Crippen LogP contribution in [0.25, 0.3) is 0 Å². The quantitative estimate of drug-likeness (QED) is 0.572. The van der Waals surface area contributed by atoms with E-state index in [0.717, 1.165) is 10.5 Å². The Morgan fingerprint density at radius 3 is 2.61 bits per heavy atom. The first kappa shape index (κ1) is 21.3. The Kier molecular flexibility index (Phi) is 6.25. The van der Waals surface area contributed by atoms with Gasteiger partial charge in [-0.25, -0.2) is 8.78 Å². The van der Waals surface area contributed by atoms with E-state index in [0.29, 0.717) is 11.3 Å². The van der Waals surface area contributed by atoms with Crippen LogP contribution in [-0.4, -0.2) is 17.6 Å². The molecule has 4 rings (SSSR count). The average Bonchev–Trinajstić information content (AvgIpc) is 2.76. The number of carbonyl (C=O) groups excluding carboxylic acids is 2. The first-order valence-corrected chi connectivity index (χ1v) is 10.8. The Hall–Kier alpha value is -2.90. The molecule has 3 aromatic carbocycles. The van der Waals surface area contributed by atoms with Crippen molar-refractivity contribution in [3.05, 3.63) is 94.0 Å². The number of anilines is 1. The van der Waals surface area contributed by atoms with E-state index >= 15 is 0 Å². The van der Waals surface area contributed by atoms with E-state index in [1.165, 1.54) is 40.9 Å². The van der Waals surface area contributed by atoms with Crippen molar-refractivity contribution in [3.63, 3.8) is 0 Å². The van der Waals surface area contributed by atoms with Crippen molar-refractivity contribution in [2.45, 2.75) is 18.0 Å². The van der Waals surface area contributed by atoms with E-state index < -0.39 is 5.82 Å². The highest BCUT2D eigenvalue weighted by Crippen LogP contribution is 2.37. The highest BCUT2D eigenvalue weighted by molar-refractivity contribution is 8.00. The number of thioether (sulfide) groups is 1. The number of hydrogen-bond donors (Lipinski definition) is 1. The summed E-state index contributed by atoms with van der Waals surface area (Å²) >= 11 is 7.51. The molecule has 31 heavy (non-hydrogen) atoms. The lowest BCUT2D eigenvalue weighted by molar-refractivity contribution is -0.116. The van der Waals surface area contributed by atoms with Crippen molar-refractivity contribution in [3.8, 4) is 0 Å².